The highest BCUT2D eigenvalue weighted by Gasteiger charge is 2.21. The first-order chi connectivity index (χ1) is 9.82. The second-order valence-electron chi connectivity index (χ2n) is 4.14. The number of rotatable bonds is 4. The van der Waals surface area contributed by atoms with Crippen molar-refractivity contribution in [1.29, 1.82) is 0 Å². The number of carboxylic acid groups (broad SMARTS) is 1. The van der Waals surface area contributed by atoms with Crippen LogP contribution in [0.2, 0.25) is 0 Å². The molecule has 2 aromatic heterocycles. The summed E-state index contributed by atoms with van der Waals surface area (Å²) in [6.07, 6.45) is 1.90. The molecule has 2 heterocycles. The first kappa shape index (κ1) is 14.2. The Morgan fingerprint density at radius 1 is 1.48 bits per heavy atom. The molecule has 1 N–H and O–H groups in total. The van der Waals surface area contributed by atoms with E-state index >= 15 is 0 Å². The summed E-state index contributed by atoms with van der Waals surface area (Å²) < 4.78 is 6.18. The van der Waals surface area contributed by atoms with Crippen LogP contribution < -0.4 is 11.2 Å². The van der Waals surface area contributed by atoms with Crippen molar-refractivity contribution in [3.63, 3.8) is 0 Å². The van der Waals surface area contributed by atoms with Crippen molar-refractivity contribution < 1.29 is 19.2 Å². The molecule has 0 atom stereocenters. The number of aromatic nitrogens is 2. The van der Waals surface area contributed by atoms with Crippen LogP contribution in [0.25, 0.3) is 0 Å². The van der Waals surface area contributed by atoms with E-state index in [1.165, 1.54) is 13.1 Å². The first-order valence-electron chi connectivity index (χ1n) is 5.57. The van der Waals surface area contributed by atoms with E-state index in [1.807, 2.05) is 0 Å². The third-order valence-electron chi connectivity index (χ3n) is 2.78. The van der Waals surface area contributed by atoms with Crippen LogP contribution in [0.15, 0.2) is 32.5 Å². The van der Waals surface area contributed by atoms with E-state index in [-0.39, 0.29) is 5.56 Å². The lowest BCUT2D eigenvalue weighted by Gasteiger charge is -2.06. The van der Waals surface area contributed by atoms with Gasteiger partial charge in [0.25, 0.3) is 0 Å². The summed E-state index contributed by atoms with van der Waals surface area (Å²) >= 11 is 0. The van der Waals surface area contributed by atoms with Crippen LogP contribution in [0.5, 0.6) is 0 Å². The highest BCUT2D eigenvalue weighted by molar-refractivity contribution is 5.86. The fraction of sp³-hybridized carbons (Fsp3) is 0.182. The molecule has 0 saturated heterocycles. The van der Waals surface area contributed by atoms with Gasteiger partial charge in [-0.3, -0.25) is 19.5 Å². The molecule has 0 fully saturated rings. The molecule has 2 rings (SSSR count). The Kier molecular flexibility index (Phi) is 3.44. The van der Waals surface area contributed by atoms with Crippen LogP contribution in [-0.2, 0) is 13.6 Å². The zero-order valence-corrected chi connectivity index (χ0v) is 10.7. The van der Waals surface area contributed by atoms with Crippen molar-refractivity contribution >= 4 is 11.7 Å². The third kappa shape index (κ3) is 2.45. The molecule has 0 unspecified atom stereocenters. The maximum Gasteiger partial charge on any atom is 0.372 e. The van der Waals surface area contributed by atoms with Gasteiger partial charge in [0, 0.05) is 12.6 Å². The average Bonchev–Trinajstić information content (AvgIpc) is 2.86. The molecule has 21 heavy (non-hydrogen) atoms. The summed E-state index contributed by atoms with van der Waals surface area (Å²) in [5.41, 5.74) is -2.64. The quantitative estimate of drug-likeness (QED) is 0.608. The normalized spacial score (nSPS) is 10.5. The SMILES string of the molecule is Cn1cc([N+](=O)[O-])c(=O)n(Cc2ccoc2C(=O)O)c1=O. The second kappa shape index (κ2) is 5.07. The Morgan fingerprint density at radius 3 is 2.71 bits per heavy atom. The molecule has 0 aromatic carbocycles. The van der Waals surface area contributed by atoms with Crippen molar-refractivity contribution in [2.75, 3.05) is 0 Å². The number of aromatic carboxylic acids is 1. The minimum Gasteiger partial charge on any atom is -0.475 e. The molecule has 0 radical (unpaired) electrons. The maximum absolute atomic E-state index is 11.9. The van der Waals surface area contributed by atoms with Gasteiger partial charge in [-0.2, -0.15) is 0 Å². The summed E-state index contributed by atoms with van der Waals surface area (Å²) in [4.78, 5) is 44.6. The van der Waals surface area contributed by atoms with Crippen molar-refractivity contribution in [3.05, 3.63) is 60.8 Å². The Hall–Kier alpha value is -3.17. The van der Waals surface area contributed by atoms with Gasteiger partial charge in [-0.1, -0.05) is 0 Å². The molecule has 2 aromatic rings. The standard InChI is InChI=1S/C11H9N3O7/c1-12-5-7(14(19)20)9(15)13(11(12)18)4-6-2-3-21-8(6)10(16)17/h2-3,5H,4H2,1H3,(H,16,17). The zero-order valence-electron chi connectivity index (χ0n) is 10.7. The monoisotopic (exact) mass is 295 g/mol. The lowest BCUT2D eigenvalue weighted by atomic mass is 10.2. The smallest absolute Gasteiger partial charge is 0.372 e. The summed E-state index contributed by atoms with van der Waals surface area (Å²) in [6.45, 7) is -0.439. The van der Waals surface area contributed by atoms with Crippen molar-refractivity contribution in [2.45, 2.75) is 6.54 Å². The van der Waals surface area contributed by atoms with Crippen LogP contribution in [0.3, 0.4) is 0 Å². The van der Waals surface area contributed by atoms with Gasteiger partial charge in [-0.05, 0) is 6.07 Å². The van der Waals surface area contributed by atoms with Gasteiger partial charge < -0.3 is 9.52 Å². The molecule has 0 aliphatic rings. The predicted molar refractivity (Wildman–Crippen MR) is 67.4 cm³/mol. The topological polar surface area (TPSA) is 138 Å². The molecule has 10 nitrogen and oxygen atoms in total. The molecule has 0 aliphatic carbocycles. The molecule has 0 aliphatic heterocycles. The van der Waals surface area contributed by atoms with E-state index < -0.39 is 40.1 Å². The van der Waals surface area contributed by atoms with Crippen molar-refractivity contribution in [2.24, 2.45) is 7.05 Å². The van der Waals surface area contributed by atoms with Gasteiger partial charge in [0.1, 0.15) is 0 Å². The highest BCUT2D eigenvalue weighted by Crippen LogP contribution is 2.11. The van der Waals surface area contributed by atoms with Gasteiger partial charge in [-0.25, -0.2) is 14.2 Å². The van der Waals surface area contributed by atoms with E-state index in [0.29, 0.717) is 4.57 Å². The number of nitrogens with zero attached hydrogens (tertiary/aromatic N) is 3. The fourth-order valence-electron chi connectivity index (χ4n) is 1.79. The van der Waals surface area contributed by atoms with Gasteiger partial charge in [0.2, 0.25) is 5.76 Å². The number of aryl methyl sites for hydroxylation is 1. The Bertz CT molecular complexity index is 842. The molecule has 10 heteroatoms. The lowest BCUT2D eigenvalue weighted by molar-refractivity contribution is -0.387. The van der Waals surface area contributed by atoms with E-state index in [9.17, 15) is 24.5 Å². The summed E-state index contributed by atoms with van der Waals surface area (Å²) in [7, 11) is 1.25. The molecule has 110 valence electrons. The van der Waals surface area contributed by atoms with Crippen molar-refractivity contribution in [3.8, 4) is 0 Å². The Balaban J connectivity index is 2.62. The van der Waals surface area contributed by atoms with Crippen LogP contribution >= 0.6 is 0 Å². The molecule has 0 bridgehead atoms. The third-order valence-corrected chi connectivity index (χ3v) is 2.78. The fourth-order valence-corrected chi connectivity index (χ4v) is 1.79. The van der Waals surface area contributed by atoms with E-state index in [0.717, 1.165) is 17.0 Å². The predicted octanol–water partition coefficient (Wildman–Crippen LogP) is -0.205. The van der Waals surface area contributed by atoms with Gasteiger partial charge >= 0.3 is 22.9 Å². The summed E-state index contributed by atoms with van der Waals surface area (Å²) in [5.74, 6) is -1.80. The average molecular weight is 295 g/mol. The van der Waals surface area contributed by atoms with Crippen LogP contribution in [0.4, 0.5) is 5.69 Å². The summed E-state index contributed by atoms with van der Waals surface area (Å²) in [6, 6.07) is 1.27. The van der Waals surface area contributed by atoms with E-state index in [4.69, 9.17) is 9.52 Å². The van der Waals surface area contributed by atoms with Crippen LogP contribution in [0, 0.1) is 10.1 Å². The number of furan rings is 1. The zero-order chi connectivity index (χ0) is 15.7. The number of nitro groups is 1. The number of hydrogen-bond acceptors (Lipinski definition) is 6. The lowest BCUT2D eigenvalue weighted by Crippen LogP contribution is -2.39. The molecular formula is C11H9N3O7. The second-order valence-corrected chi connectivity index (χ2v) is 4.14. The molecular weight excluding hydrogens is 286 g/mol. The summed E-state index contributed by atoms with van der Waals surface area (Å²) in [5, 5.41) is 19.7. The molecule has 0 saturated carbocycles. The van der Waals surface area contributed by atoms with Gasteiger partial charge in [-0.15, -0.1) is 0 Å². The van der Waals surface area contributed by atoms with Crippen LogP contribution in [-0.4, -0.2) is 25.1 Å². The van der Waals surface area contributed by atoms with E-state index in [1.54, 1.807) is 0 Å². The molecule has 0 amide bonds. The minimum absolute atomic E-state index is 0.0576. The van der Waals surface area contributed by atoms with Crippen LogP contribution in [0.1, 0.15) is 16.1 Å². The van der Waals surface area contributed by atoms with E-state index in [2.05, 4.69) is 0 Å². The Morgan fingerprint density at radius 2 is 2.14 bits per heavy atom. The first-order valence-corrected chi connectivity index (χ1v) is 5.57. The Labute approximate surface area is 115 Å². The highest BCUT2D eigenvalue weighted by atomic mass is 16.6. The van der Waals surface area contributed by atoms with Crippen molar-refractivity contribution in [1.82, 2.24) is 9.13 Å². The van der Waals surface area contributed by atoms with Gasteiger partial charge in [0.05, 0.1) is 23.9 Å². The maximum atomic E-state index is 11.9. The molecule has 0 spiro atoms. The number of carbonyl (C=O) groups is 1. The number of carboxylic acids is 1. The largest absolute Gasteiger partial charge is 0.475 e. The number of hydrogen-bond donors (Lipinski definition) is 1. The minimum atomic E-state index is -1.37. The van der Waals surface area contributed by atoms with Gasteiger partial charge in [0.15, 0.2) is 0 Å².